The average Bonchev–Trinajstić information content (AvgIpc) is 3.14. The van der Waals surface area contributed by atoms with Crippen molar-refractivity contribution in [1.82, 2.24) is 20.7 Å². The van der Waals surface area contributed by atoms with Crippen LogP contribution in [0.1, 0.15) is 37.3 Å². The number of amides is 2. The molecule has 2 fully saturated rings. The first-order chi connectivity index (χ1) is 13.5. The van der Waals surface area contributed by atoms with E-state index < -0.39 is 0 Å². The van der Waals surface area contributed by atoms with E-state index in [1.165, 1.54) is 0 Å². The first kappa shape index (κ1) is 20.8. The van der Waals surface area contributed by atoms with Crippen LogP contribution >= 0.6 is 0 Å². The summed E-state index contributed by atoms with van der Waals surface area (Å²) >= 11 is 0. The summed E-state index contributed by atoms with van der Waals surface area (Å²) in [5.41, 5.74) is 9.43. The standard InChI is InChI=1S/C21H33N5O2/c1-4-6-17-13-18(24-23-17)21(28)26-11-9-25(10-12-26)14-19(27)22-20-15(2)7-5-8-16(20)3/h5,7-8,17-18,23-24H,4,6,9-14H2,1-3H3,(H,22,27). The van der Waals surface area contributed by atoms with Gasteiger partial charge in [-0.05, 0) is 37.8 Å². The number of carbonyl (C=O) groups is 2. The van der Waals surface area contributed by atoms with Crippen molar-refractivity contribution in [2.75, 3.05) is 38.0 Å². The predicted octanol–water partition coefficient (Wildman–Crippen LogP) is 1.42. The van der Waals surface area contributed by atoms with E-state index in [1.54, 1.807) is 0 Å². The van der Waals surface area contributed by atoms with Crippen LogP contribution in [0.15, 0.2) is 18.2 Å². The van der Waals surface area contributed by atoms with Crippen LogP contribution in [0.25, 0.3) is 0 Å². The molecule has 0 bridgehead atoms. The number of nitrogens with zero attached hydrogens (tertiary/aromatic N) is 2. The van der Waals surface area contributed by atoms with Gasteiger partial charge in [0.1, 0.15) is 6.04 Å². The largest absolute Gasteiger partial charge is 0.339 e. The second-order valence-electron chi connectivity index (χ2n) is 7.98. The molecule has 7 nitrogen and oxygen atoms in total. The second kappa shape index (κ2) is 9.49. The van der Waals surface area contributed by atoms with Gasteiger partial charge in [0.2, 0.25) is 11.8 Å². The van der Waals surface area contributed by atoms with E-state index in [0.29, 0.717) is 25.7 Å². The number of para-hydroxylation sites is 1. The minimum atomic E-state index is -0.129. The highest BCUT2D eigenvalue weighted by molar-refractivity contribution is 5.93. The number of hydrogen-bond donors (Lipinski definition) is 3. The Hall–Kier alpha value is -1.96. The van der Waals surface area contributed by atoms with Gasteiger partial charge in [0, 0.05) is 37.9 Å². The van der Waals surface area contributed by atoms with Gasteiger partial charge < -0.3 is 10.2 Å². The molecule has 2 saturated heterocycles. The zero-order valence-corrected chi connectivity index (χ0v) is 17.3. The Morgan fingerprint density at radius 1 is 1.11 bits per heavy atom. The number of aryl methyl sites for hydroxylation is 2. The second-order valence-corrected chi connectivity index (χ2v) is 7.98. The zero-order chi connectivity index (χ0) is 20.1. The Bertz CT molecular complexity index is 680. The van der Waals surface area contributed by atoms with Crippen LogP contribution < -0.4 is 16.2 Å². The molecule has 2 atom stereocenters. The minimum Gasteiger partial charge on any atom is -0.339 e. The lowest BCUT2D eigenvalue weighted by Crippen LogP contribution is -2.54. The molecule has 2 unspecified atom stereocenters. The molecule has 2 aliphatic heterocycles. The van der Waals surface area contributed by atoms with Gasteiger partial charge in [0.15, 0.2) is 0 Å². The summed E-state index contributed by atoms with van der Waals surface area (Å²) in [7, 11) is 0. The van der Waals surface area contributed by atoms with Crippen LogP contribution in [0.2, 0.25) is 0 Å². The highest BCUT2D eigenvalue weighted by atomic mass is 16.2. The first-order valence-electron chi connectivity index (χ1n) is 10.4. The van der Waals surface area contributed by atoms with Crippen LogP contribution in [0.5, 0.6) is 0 Å². The zero-order valence-electron chi connectivity index (χ0n) is 17.3. The van der Waals surface area contributed by atoms with Crippen LogP contribution in [0, 0.1) is 13.8 Å². The first-order valence-corrected chi connectivity index (χ1v) is 10.4. The number of benzene rings is 1. The summed E-state index contributed by atoms with van der Waals surface area (Å²) in [6, 6.07) is 6.26. The van der Waals surface area contributed by atoms with Crippen molar-refractivity contribution in [3.63, 3.8) is 0 Å². The van der Waals surface area contributed by atoms with Gasteiger partial charge in [0.25, 0.3) is 0 Å². The lowest BCUT2D eigenvalue weighted by Gasteiger charge is -2.35. The van der Waals surface area contributed by atoms with Gasteiger partial charge in [-0.3, -0.25) is 19.9 Å². The third-order valence-corrected chi connectivity index (χ3v) is 5.71. The van der Waals surface area contributed by atoms with Crippen LogP contribution in [-0.2, 0) is 9.59 Å². The average molecular weight is 388 g/mol. The summed E-state index contributed by atoms with van der Waals surface area (Å²) in [5, 5.41) is 3.04. The molecular weight excluding hydrogens is 354 g/mol. The van der Waals surface area contributed by atoms with Crippen molar-refractivity contribution in [2.24, 2.45) is 0 Å². The van der Waals surface area contributed by atoms with E-state index in [9.17, 15) is 9.59 Å². The molecule has 28 heavy (non-hydrogen) atoms. The molecular formula is C21H33N5O2. The molecule has 0 radical (unpaired) electrons. The van der Waals surface area contributed by atoms with Crippen molar-refractivity contribution in [3.8, 4) is 0 Å². The van der Waals surface area contributed by atoms with Crippen molar-refractivity contribution in [1.29, 1.82) is 0 Å². The molecule has 154 valence electrons. The molecule has 0 spiro atoms. The molecule has 3 N–H and O–H groups in total. The Morgan fingerprint density at radius 3 is 2.43 bits per heavy atom. The number of anilines is 1. The number of carbonyl (C=O) groups excluding carboxylic acids is 2. The summed E-state index contributed by atoms with van der Waals surface area (Å²) in [6.45, 7) is 9.32. The van der Waals surface area contributed by atoms with Crippen molar-refractivity contribution >= 4 is 17.5 Å². The quantitative estimate of drug-likeness (QED) is 0.688. The van der Waals surface area contributed by atoms with Crippen LogP contribution in [-0.4, -0.2) is 66.4 Å². The maximum absolute atomic E-state index is 12.7. The SMILES string of the molecule is CCCC1CC(C(=O)N2CCN(CC(=O)Nc3c(C)cccc3C)CC2)NN1. The molecule has 2 amide bonds. The molecule has 1 aromatic carbocycles. The van der Waals surface area contributed by atoms with Gasteiger partial charge >= 0.3 is 0 Å². The third kappa shape index (κ3) is 5.10. The lowest BCUT2D eigenvalue weighted by atomic mass is 10.0. The smallest absolute Gasteiger partial charge is 0.241 e. The van der Waals surface area contributed by atoms with E-state index in [0.717, 1.165) is 49.2 Å². The van der Waals surface area contributed by atoms with Gasteiger partial charge in [-0.1, -0.05) is 31.5 Å². The molecule has 0 saturated carbocycles. The normalized spacial score (nSPS) is 23.0. The van der Waals surface area contributed by atoms with Gasteiger partial charge in [-0.25, -0.2) is 5.43 Å². The number of rotatable bonds is 6. The molecule has 7 heteroatoms. The summed E-state index contributed by atoms with van der Waals surface area (Å²) in [5.74, 6) is 0.173. The highest BCUT2D eigenvalue weighted by Crippen LogP contribution is 2.19. The minimum absolute atomic E-state index is 0.00115. The molecule has 2 heterocycles. The van der Waals surface area contributed by atoms with Crippen molar-refractivity contribution in [3.05, 3.63) is 29.3 Å². The van der Waals surface area contributed by atoms with Crippen molar-refractivity contribution in [2.45, 2.75) is 52.1 Å². The fourth-order valence-corrected chi connectivity index (χ4v) is 4.06. The predicted molar refractivity (Wildman–Crippen MR) is 111 cm³/mol. The van der Waals surface area contributed by atoms with E-state index >= 15 is 0 Å². The van der Waals surface area contributed by atoms with Gasteiger partial charge in [0.05, 0.1) is 6.54 Å². The van der Waals surface area contributed by atoms with E-state index in [-0.39, 0.29) is 17.9 Å². The Kier molecular flexibility index (Phi) is 7.04. The fourth-order valence-electron chi connectivity index (χ4n) is 4.06. The van der Waals surface area contributed by atoms with Crippen LogP contribution in [0.3, 0.4) is 0 Å². The number of hydrazine groups is 1. The highest BCUT2D eigenvalue weighted by Gasteiger charge is 2.33. The molecule has 0 aromatic heterocycles. The Morgan fingerprint density at radius 2 is 1.79 bits per heavy atom. The maximum atomic E-state index is 12.7. The third-order valence-electron chi connectivity index (χ3n) is 5.71. The Balaban J connectivity index is 1.44. The van der Waals surface area contributed by atoms with E-state index in [1.807, 2.05) is 36.9 Å². The van der Waals surface area contributed by atoms with Gasteiger partial charge in [-0.15, -0.1) is 0 Å². The van der Waals surface area contributed by atoms with E-state index in [4.69, 9.17) is 0 Å². The van der Waals surface area contributed by atoms with E-state index in [2.05, 4.69) is 28.0 Å². The maximum Gasteiger partial charge on any atom is 0.241 e. The van der Waals surface area contributed by atoms with Gasteiger partial charge in [-0.2, -0.15) is 0 Å². The molecule has 3 rings (SSSR count). The topological polar surface area (TPSA) is 76.7 Å². The summed E-state index contributed by atoms with van der Waals surface area (Å²) in [4.78, 5) is 29.2. The van der Waals surface area contributed by atoms with Crippen molar-refractivity contribution < 1.29 is 9.59 Å². The number of piperazine rings is 1. The molecule has 2 aliphatic rings. The number of hydrogen-bond acceptors (Lipinski definition) is 5. The molecule has 1 aromatic rings. The van der Waals surface area contributed by atoms with Crippen LogP contribution in [0.4, 0.5) is 5.69 Å². The fraction of sp³-hybridized carbons (Fsp3) is 0.619. The monoisotopic (exact) mass is 387 g/mol. The summed E-state index contributed by atoms with van der Waals surface area (Å²) < 4.78 is 0. The Labute approximate surface area is 167 Å². The summed E-state index contributed by atoms with van der Waals surface area (Å²) in [6.07, 6.45) is 3.05. The lowest BCUT2D eigenvalue weighted by molar-refractivity contribution is -0.135. The molecule has 0 aliphatic carbocycles. The number of nitrogens with one attached hydrogen (secondary N) is 3.